The van der Waals surface area contributed by atoms with Gasteiger partial charge in [-0.1, -0.05) is 6.07 Å². The second kappa shape index (κ2) is 15.7. The fraction of sp³-hybridized carbons (Fsp3) is 0.226. The van der Waals surface area contributed by atoms with E-state index in [1.807, 2.05) is 0 Å². The zero-order chi connectivity index (χ0) is 35.7. The number of hydrogen-bond acceptors (Lipinski definition) is 14. The Morgan fingerprint density at radius 3 is 1.62 bits per heavy atom. The lowest BCUT2D eigenvalue weighted by atomic mass is 10.1. The Kier molecular flexibility index (Phi) is 11.7. The number of carbonyl (C=O) groups excluding carboxylic acids is 5. The maximum atomic E-state index is 13.6. The minimum Gasteiger partial charge on any atom is -0.493 e. The quantitative estimate of drug-likeness (QED) is 0.115. The number of anilines is 1. The van der Waals surface area contributed by atoms with E-state index >= 15 is 0 Å². The molecule has 48 heavy (non-hydrogen) atoms. The number of nitrogens with zero attached hydrogens (tertiary/aromatic N) is 1. The molecule has 0 fully saturated rings. The molecule has 0 saturated carbocycles. The second-order valence-electron chi connectivity index (χ2n) is 9.65. The van der Waals surface area contributed by atoms with Crippen molar-refractivity contribution in [3.8, 4) is 23.0 Å². The molecule has 17 nitrogen and oxygen atoms in total. The van der Waals surface area contributed by atoms with Crippen LogP contribution in [0.15, 0.2) is 54.6 Å². The third-order valence-corrected chi connectivity index (χ3v) is 6.24. The van der Waals surface area contributed by atoms with Gasteiger partial charge in [0.2, 0.25) is 12.2 Å². The minimum absolute atomic E-state index is 0.0648. The zero-order valence-electron chi connectivity index (χ0n) is 26.0. The van der Waals surface area contributed by atoms with Gasteiger partial charge in [-0.05, 0) is 48.9 Å². The number of carboxylic acids is 1. The third kappa shape index (κ3) is 9.03. The van der Waals surface area contributed by atoms with Crippen molar-refractivity contribution in [2.75, 3.05) is 19.5 Å². The Morgan fingerprint density at radius 2 is 1.21 bits per heavy atom. The van der Waals surface area contributed by atoms with Gasteiger partial charge in [-0.15, -0.1) is 0 Å². The molecular weight excluding hydrogens is 640 g/mol. The summed E-state index contributed by atoms with van der Waals surface area (Å²) in [5, 5.41) is 23.7. The van der Waals surface area contributed by atoms with Gasteiger partial charge in [0.1, 0.15) is 0 Å². The molecule has 0 heterocycles. The Labute approximate surface area is 271 Å². The van der Waals surface area contributed by atoms with Gasteiger partial charge in [0.15, 0.2) is 23.0 Å². The maximum absolute atomic E-state index is 13.6. The second-order valence-corrected chi connectivity index (χ2v) is 9.65. The highest BCUT2D eigenvalue weighted by atomic mass is 16.6. The zero-order valence-corrected chi connectivity index (χ0v) is 26.0. The van der Waals surface area contributed by atoms with Crippen LogP contribution in [-0.4, -0.2) is 72.2 Å². The molecule has 0 aliphatic heterocycles. The van der Waals surface area contributed by atoms with Crippen LogP contribution < -0.4 is 24.3 Å². The molecule has 3 aromatic carbocycles. The number of carboxylic acid groups (broad SMARTS) is 1. The summed E-state index contributed by atoms with van der Waals surface area (Å²) < 4.78 is 30.6. The standard InChI is InChI=1S/C31H28N2O15/c1-15-6-9-20(33(41)42)14-21(15)32-28(36)26(47-30(39)18-7-10-22(45-16(2)34)24(12-18)43-4)27(29(37)38)48-31(40)19-8-11-23(46-17(3)35)25(13-19)44-5/h6-14,26-27H,1-5H3,(H,32,36)(H,37,38)/t26-,27-/m0/s1. The predicted molar refractivity (Wildman–Crippen MR) is 161 cm³/mol. The van der Waals surface area contributed by atoms with Gasteiger partial charge in [-0.3, -0.25) is 24.5 Å². The van der Waals surface area contributed by atoms with E-state index in [0.29, 0.717) is 5.56 Å². The summed E-state index contributed by atoms with van der Waals surface area (Å²) in [6, 6.07) is 10.2. The smallest absolute Gasteiger partial charge is 0.349 e. The summed E-state index contributed by atoms with van der Waals surface area (Å²) in [5.41, 5.74) is -0.845. The molecule has 2 N–H and O–H groups in total. The van der Waals surface area contributed by atoms with Crippen LogP contribution in [0, 0.1) is 17.0 Å². The number of benzene rings is 3. The molecule has 2 atom stereocenters. The molecular formula is C31H28N2O15. The molecule has 3 rings (SSSR count). The number of aliphatic carboxylic acids is 1. The number of carbonyl (C=O) groups is 6. The number of nitro benzene ring substituents is 1. The molecule has 0 saturated heterocycles. The van der Waals surface area contributed by atoms with E-state index in [1.165, 1.54) is 39.3 Å². The van der Waals surface area contributed by atoms with E-state index < -0.39 is 58.6 Å². The first-order valence-electron chi connectivity index (χ1n) is 13.6. The lowest BCUT2D eigenvalue weighted by molar-refractivity contribution is -0.384. The third-order valence-electron chi connectivity index (χ3n) is 6.24. The number of nitro groups is 1. The van der Waals surface area contributed by atoms with Crippen molar-refractivity contribution < 1.29 is 67.2 Å². The van der Waals surface area contributed by atoms with Gasteiger partial charge in [0.25, 0.3) is 11.6 Å². The van der Waals surface area contributed by atoms with Crippen LogP contribution in [0.25, 0.3) is 0 Å². The van der Waals surface area contributed by atoms with Crippen molar-refractivity contribution in [1.82, 2.24) is 0 Å². The van der Waals surface area contributed by atoms with Crippen LogP contribution in [0.5, 0.6) is 23.0 Å². The molecule has 0 spiro atoms. The van der Waals surface area contributed by atoms with Crippen molar-refractivity contribution in [3.05, 3.63) is 81.4 Å². The summed E-state index contributed by atoms with van der Waals surface area (Å²) in [6.45, 7) is 3.75. The summed E-state index contributed by atoms with van der Waals surface area (Å²) in [7, 11) is 2.42. The number of non-ortho nitro benzene ring substituents is 1. The normalized spacial score (nSPS) is 11.6. The number of methoxy groups -OCH3 is 2. The van der Waals surface area contributed by atoms with E-state index in [2.05, 4.69) is 5.32 Å². The van der Waals surface area contributed by atoms with E-state index in [-0.39, 0.29) is 39.8 Å². The topological polar surface area (TPSA) is 233 Å². The summed E-state index contributed by atoms with van der Waals surface area (Å²) in [6.07, 6.45) is -4.87. The number of nitrogens with one attached hydrogen (secondary N) is 1. The lowest BCUT2D eigenvalue weighted by Gasteiger charge is -2.24. The van der Waals surface area contributed by atoms with Crippen LogP contribution in [0.2, 0.25) is 0 Å². The average molecular weight is 669 g/mol. The fourth-order valence-corrected chi connectivity index (χ4v) is 3.99. The Hall–Kier alpha value is -6.52. The number of rotatable bonds is 13. The van der Waals surface area contributed by atoms with Gasteiger partial charge in [0, 0.05) is 26.0 Å². The van der Waals surface area contributed by atoms with Crippen LogP contribution in [0.4, 0.5) is 11.4 Å². The first kappa shape index (κ1) is 36.0. The first-order valence-corrected chi connectivity index (χ1v) is 13.6. The lowest BCUT2D eigenvalue weighted by Crippen LogP contribution is -2.48. The Balaban J connectivity index is 2.03. The number of hydrogen-bond donors (Lipinski definition) is 2. The molecule has 17 heteroatoms. The highest BCUT2D eigenvalue weighted by Crippen LogP contribution is 2.31. The van der Waals surface area contributed by atoms with Crippen LogP contribution in [0.1, 0.15) is 40.1 Å². The average Bonchev–Trinajstić information content (AvgIpc) is 3.02. The van der Waals surface area contributed by atoms with Crippen molar-refractivity contribution in [2.45, 2.75) is 33.0 Å². The summed E-state index contributed by atoms with van der Waals surface area (Å²) in [5.74, 6) is -7.58. The number of esters is 4. The first-order chi connectivity index (χ1) is 22.6. The molecule has 0 radical (unpaired) electrons. The highest BCUT2D eigenvalue weighted by molar-refractivity contribution is 6.02. The van der Waals surface area contributed by atoms with Crippen LogP contribution in [0.3, 0.4) is 0 Å². The van der Waals surface area contributed by atoms with Gasteiger partial charge in [0.05, 0.1) is 36.0 Å². The van der Waals surface area contributed by atoms with E-state index in [9.17, 15) is 44.0 Å². The molecule has 3 aromatic rings. The molecule has 0 aromatic heterocycles. The predicted octanol–water partition coefficient (Wildman–Crippen LogP) is 3.25. The SMILES string of the molecule is COc1cc(C(=O)O[C@H](C(=O)O)[C@H](OC(=O)c2ccc(OC(C)=O)c(OC)c2)C(=O)Nc2cc([N+](=O)[O-])ccc2C)ccc1OC(C)=O. The van der Waals surface area contributed by atoms with Crippen LogP contribution >= 0.6 is 0 Å². The Bertz CT molecular complexity index is 1790. The Morgan fingerprint density at radius 1 is 0.729 bits per heavy atom. The largest absolute Gasteiger partial charge is 0.493 e. The summed E-state index contributed by atoms with van der Waals surface area (Å²) in [4.78, 5) is 85.8. The fourth-order valence-electron chi connectivity index (χ4n) is 3.99. The molecule has 0 aliphatic carbocycles. The van der Waals surface area contributed by atoms with E-state index in [4.69, 9.17) is 28.4 Å². The number of ether oxygens (including phenoxy) is 6. The number of aryl methyl sites for hydroxylation is 1. The molecule has 0 aliphatic rings. The molecule has 1 amide bonds. The maximum Gasteiger partial charge on any atom is 0.349 e. The van der Waals surface area contributed by atoms with Crippen molar-refractivity contribution in [1.29, 1.82) is 0 Å². The monoisotopic (exact) mass is 668 g/mol. The van der Waals surface area contributed by atoms with Gasteiger partial charge >= 0.3 is 29.8 Å². The van der Waals surface area contributed by atoms with Gasteiger partial charge in [-0.2, -0.15) is 0 Å². The van der Waals surface area contributed by atoms with Gasteiger partial charge < -0.3 is 38.8 Å². The minimum atomic E-state index is -2.48. The number of amides is 1. The molecule has 0 unspecified atom stereocenters. The highest BCUT2D eigenvalue weighted by Gasteiger charge is 2.41. The van der Waals surface area contributed by atoms with E-state index in [1.54, 1.807) is 0 Å². The van der Waals surface area contributed by atoms with E-state index in [0.717, 1.165) is 50.2 Å². The molecule has 0 bridgehead atoms. The van der Waals surface area contributed by atoms with Crippen molar-refractivity contribution >= 4 is 47.1 Å². The summed E-state index contributed by atoms with van der Waals surface area (Å²) >= 11 is 0. The van der Waals surface area contributed by atoms with Gasteiger partial charge in [-0.25, -0.2) is 14.4 Å². The molecule has 252 valence electrons. The van der Waals surface area contributed by atoms with Crippen molar-refractivity contribution in [2.24, 2.45) is 0 Å². The van der Waals surface area contributed by atoms with Crippen LogP contribution in [-0.2, 0) is 28.7 Å². The van der Waals surface area contributed by atoms with Crippen molar-refractivity contribution in [3.63, 3.8) is 0 Å².